The van der Waals surface area contributed by atoms with Crippen molar-refractivity contribution in [3.8, 4) is 0 Å². The molecule has 1 N–H and O–H groups in total. The Morgan fingerprint density at radius 2 is 1.08 bits per heavy atom. The molecular weight excluding hydrogens is 158 g/mol. The number of nitrogens with one attached hydrogen (secondary N) is 1. The predicted octanol–water partition coefficient (Wildman–Crippen LogP) is 2.71. The van der Waals surface area contributed by atoms with Crippen molar-refractivity contribution in [1.29, 1.82) is 0 Å². The zero-order chi connectivity index (χ0) is 8.67. The van der Waals surface area contributed by atoms with Crippen molar-refractivity contribution in [2.24, 2.45) is 11.8 Å². The maximum atomic E-state index is 3.42. The molecule has 1 heteroatoms. The maximum absolute atomic E-state index is 3.42. The van der Waals surface area contributed by atoms with Crippen molar-refractivity contribution in [3.63, 3.8) is 0 Å². The first-order chi connectivity index (χ1) is 6.40. The van der Waals surface area contributed by atoms with E-state index in [1.165, 1.54) is 31.1 Å². The van der Waals surface area contributed by atoms with Crippen LogP contribution in [0.15, 0.2) is 0 Å². The summed E-state index contributed by atoms with van der Waals surface area (Å²) in [6.07, 6.45) is 12.2. The molecule has 2 unspecified atom stereocenters. The van der Waals surface area contributed by atoms with E-state index in [0.717, 1.165) is 12.1 Å². The monoisotopic (exact) mass is 179 g/mol. The van der Waals surface area contributed by atoms with Gasteiger partial charge >= 0.3 is 0 Å². The second-order valence-electron chi connectivity index (χ2n) is 5.50. The standard InChI is InChI=1S/C7H12.C5H9N/c1-2-7-4-3-6(1)5-7;1-2-5-3-4(1)6-5/h6-7H,1-5H2;4-6H,1-3H2. The Kier molecular flexibility index (Phi) is 2.08. The summed E-state index contributed by atoms with van der Waals surface area (Å²) < 4.78 is 0. The van der Waals surface area contributed by atoms with Crippen LogP contribution in [-0.2, 0) is 0 Å². The van der Waals surface area contributed by atoms with E-state index in [2.05, 4.69) is 5.32 Å². The molecular formula is C12H21N. The fourth-order valence-electron chi connectivity index (χ4n) is 3.63. The first-order valence-electron chi connectivity index (χ1n) is 6.16. The Morgan fingerprint density at radius 3 is 1.23 bits per heavy atom. The second-order valence-corrected chi connectivity index (χ2v) is 5.50. The molecule has 0 aromatic heterocycles. The Morgan fingerprint density at radius 1 is 0.615 bits per heavy atom. The van der Waals surface area contributed by atoms with Gasteiger partial charge in [0.15, 0.2) is 0 Å². The van der Waals surface area contributed by atoms with Gasteiger partial charge in [0.05, 0.1) is 0 Å². The molecule has 5 rings (SSSR count). The highest BCUT2D eigenvalue weighted by atomic mass is 15.1. The summed E-state index contributed by atoms with van der Waals surface area (Å²) in [5.41, 5.74) is 0. The first kappa shape index (κ1) is 8.28. The lowest BCUT2D eigenvalue weighted by Crippen LogP contribution is -2.43. The van der Waals surface area contributed by atoms with Crippen LogP contribution in [-0.4, -0.2) is 12.1 Å². The molecule has 5 aliphatic rings. The van der Waals surface area contributed by atoms with Crippen LogP contribution in [0.1, 0.15) is 51.4 Å². The lowest BCUT2D eigenvalue weighted by Gasteiger charge is -2.24. The molecule has 2 aliphatic heterocycles. The second kappa shape index (κ2) is 3.27. The van der Waals surface area contributed by atoms with Crippen LogP contribution in [0.4, 0.5) is 0 Å². The van der Waals surface area contributed by atoms with E-state index < -0.39 is 0 Å². The van der Waals surface area contributed by atoms with Crippen LogP contribution in [0.3, 0.4) is 0 Å². The molecule has 3 aliphatic carbocycles. The van der Waals surface area contributed by atoms with Gasteiger partial charge in [0.2, 0.25) is 0 Å². The number of fused-ring (bicyclic) bond motifs is 3. The van der Waals surface area contributed by atoms with Gasteiger partial charge in [-0.25, -0.2) is 0 Å². The maximum Gasteiger partial charge on any atom is 0.00850 e. The van der Waals surface area contributed by atoms with Gasteiger partial charge in [-0.15, -0.1) is 0 Å². The molecule has 5 fully saturated rings. The topological polar surface area (TPSA) is 12.0 Å². The molecule has 4 bridgehead atoms. The molecule has 3 saturated carbocycles. The Hall–Kier alpha value is -0.0400. The SMILES string of the molecule is C1CC2CC1N2.C1CC2CCC1C2. The fourth-order valence-corrected chi connectivity index (χ4v) is 3.63. The van der Waals surface area contributed by atoms with Crippen LogP contribution >= 0.6 is 0 Å². The molecule has 0 aromatic rings. The van der Waals surface area contributed by atoms with Crippen molar-refractivity contribution in [1.82, 2.24) is 5.32 Å². The third kappa shape index (κ3) is 1.63. The van der Waals surface area contributed by atoms with Gasteiger partial charge in [-0.05, 0) is 37.5 Å². The van der Waals surface area contributed by atoms with Gasteiger partial charge in [0, 0.05) is 12.1 Å². The van der Waals surface area contributed by atoms with E-state index in [0.29, 0.717) is 0 Å². The highest BCUT2D eigenvalue weighted by molar-refractivity contribution is 4.96. The number of rotatable bonds is 0. The van der Waals surface area contributed by atoms with Crippen LogP contribution in [0.25, 0.3) is 0 Å². The quantitative estimate of drug-likeness (QED) is 0.603. The van der Waals surface area contributed by atoms with E-state index >= 15 is 0 Å². The fraction of sp³-hybridized carbons (Fsp3) is 1.00. The summed E-state index contributed by atoms with van der Waals surface area (Å²) >= 11 is 0. The van der Waals surface area contributed by atoms with Crippen molar-refractivity contribution in [2.75, 3.05) is 0 Å². The highest BCUT2D eigenvalue weighted by Gasteiger charge is 2.34. The van der Waals surface area contributed by atoms with Crippen molar-refractivity contribution in [2.45, 2.75) is 63.5 Å². The van der Waals surface area contributed by atoms with Crippen molar-refractivity contribution >= 4 is 0 Å². The molecule has 1 nitrogen and oxygen atoms in total. The van der Waals surface area contributed by atoms with Crippen molar-refractivity contribution in [3.05, 3.63) is 0 Å². The predicted molar refractivity (Wildman–Crippen MR) is 54.6 cm³/mol. The van der Waals surface area contributed by atoms with Crippen LogP contribution in [0, 0.1) is 11.8 Å². The third-order valence-corrected chi connectivity index (χ3v) is 4.54. The zero-order valence-electron chi connectivity index (χ0n) is 8.47. The average molecular weight is 179 g/mol. The number of hydrogen-bond donors (Lipinski definition) is 1. The van der Waals surface area contributed by atoms with Crippen LogP contribution in [0.5, 0.6) is 0 Å². The molecule has 0 amide bonds. The Labute approximate surface area is 81.3 Å². The number of hydrogen-bond acceptors (Lipinski definition) is 1. The first-order valence-corrected chi connectivity index (χ1v) is 6.16. The Balaban J connectivity index is 0.0000000875. The lowest BCUT2D eigenvalue weighted by atomic mass is 10.0. The molecule has 2 saturated heterocycles. The summed E-state index contributed by atoms with van der Waals surface area (Å²) in [4.78, 5) is 0. The van der Waals surface area contributed by atoms with Gasteiger partial charge in [-0.1, -0.05) is 25.7 Å². The van der Waals surface area contributed by atoms with Gasteiger partial charge in [-0.2, -0.15) is 0 Å². The van der Waals surface area contributed by atoms with Gasteiger partial charge in [0.25, 0.3) is 0 Å². The molecule has 0 aromatic carbocycles. The summed E-state index contributed by atoms with van der Waals surface area (Å²) in [6, 6.07) is 1.88. The molecule has 2 atom stereocenters. The molecule has 0 radical (unpaired) electrons. The highest BCUT2D eigenvalue weighted by Crippen LogP contribution is 2.43. The van der Waals surface area contributed by atoms with Crippen LogP contribution in [0.2, 0.25) is 0 Å². The van der Waals surface area contributed by atoms with Crippen LogP contribution < -0.4 is 5.32 Å². The van der Waals surface area contributed by atoms with E-state index in [1.54, 1.807) is 32.1 Å². The summed E-state index contributed by atoms with van der Waals surface area (Å²) in [5.74, 6) is 2.34. The minimum Gasteiger partial charge on any atom is -0.311 e. The largest absolute Gasteiger partial charge is 0.311 e. The minimum atomic E-state index is 0.940. The van der Waals surface area contributed by atoms with Gasteiger partial charge in [-0.3, -0.25) is 0 Å². The van der Waals surface area contributed by atoms with Gasteiger partial charge < -0.3 is 5.32 Å². The molecule has 74 valence electrons. The molecule has 13 heavy (non-hydrogen) atoms. The smallest absolute Gasteiger partial charge is 0.00850 e. The normalized spacial score (nSPS) is 49.8. The van der Waals surface area contributed by atoms with E-state index in [1.807, 2.05) is 0 Å². The van der Waals surface area contributed by atoms with E-state index in [9.17, 15) is 0 Å². The molecule has 2 heterocycles. The summed E-state index contributed by atoms with van der Waals surface area (Å²) in [6.45, 7) is 0. The lowest BCUT2D eigenvalue weighted by molar-refractivity contribution is 0.369. The summed E-state index contributed by atoms with van der Waals surface area (Å²) in [5, 5.41) is 3.42. The van der Waals surface area contributed by atoms with E-state index in [4.69, 9.17) is 0 Å². The Bertz CT molecular complexity index is 152. The molecule has 0 spiro atoms. The van der Waals surface area contributed by atoms with Gasteiger partial charge in [0.1, 0.15) is 0 Å². The zero-order valence-corrected chi connectivity index (χ0v) is 8.47. The van der Waals surface area contributed by atoms with E-state index in [-0.39, 0.29) is 0 Å². The average Bonchev–Trinajstić information content (AvgIpc) is 2.86. The third-order valence-electron chi connectivity index (χ3n) is 4.54. The van der Waals surface area contributed by atoms with Crippen molar-refractivity contribution < 1.29 is 0 Å². The summed E-state index contributed by atoms with van der Waals surface area (Å²) in [7, 11) is 0. The minimum absolute atomic E-state index is 0.940.